The Kier molecular flexibility index (Phi) is 5.27. The smallest absolute Gasteiger partial charge is 0.252 e. The van der Waals surface area contributed by atoms with Crippen molar-refractivity contribution in [1.82, 2.24) is 15.0 Å². The summed E-state index contributed by atoms with van der Waals surface area (Å²) in [6.45, 7) is 1.75. The van der Waals surface area contributed by atoms with Crippen LogP contribution in [0.25, 0.3) is 0 Å². The molecule has 2 heterocycles. The van der Waals surface area contributed by atoms with Crippen molar-refractivity contribution in [2.45, 2.75) is 44.7 Å². The lowest BCUT2D eigenvalue weighted by atomic mass is 9.91. The number of nitrogens with zero attached hydrogens (tertiary/aromatic N) is 3. The number of aryl methyl sites for hydroxylation is 1. The SMILES string of the molecule is Cc1ncc(Nc2nc(N[C@@H]3CCCC[C@@H]3N)c(F)cc2C(N)=O)cn1. The van der Waals surface area contributed by atoms with Gasteiger partial charge in [-0.25, -0.2) is 19.3 Å². The minimum absolute atomic E-state index is 0.0351. The van der Waals surface area contributed by atoms with Crippen molar-refractivity contribution in [3.05, 3.63) is 35.7 Å². The summed E-state index contributed by atoms with van der Waals surface area (Å²) < 4.78 is 14.4. The second-order valence-electron chi connectivity index (χ2n) is 6.42. The monoisotopic (exact) mass is 359 g/mol. The molecule has 0 spiro atoms. The average Bonchev–Trinajstić information content (AvgIpc) is 2.61. The predicted octanol–water partition coefficient (Wildman–Crippen LogP) is 1.84. The molecule has 2 aromatic heterocycles. The molecule has 0 aromatic carbocycles. The third kappa shape index (κ3) is 4.05. The number of carbonyl (C=O) groups excluding carboxylic acids is 1. The fourth-order valence-electron chi connectivity index (χ4n) is 2.98. The number of halogens is 1. The Balaban J connectivity index is 1.90. The number of carbonyl (C=O) groups is 1. The summed E-state index contributed by atoms with van der Waals surface area (Å²) >= 11 is 0. The van der Waals surface area contributed by atoms with Gasteiger partial charge in [0.05, 0.1) is 23.6 Å². The Morgan fingerprint density at radius 1 is 1.23 bits per heavy atom. The van der Waals surface area contributed by atoms with Gasteiger partial charge in [0.1, 0.15) is 11.6 Å². The van der Waals surface area contributed by atoms with Gasteiger partial charge in [-0.1, -0.05) is 12.8 Å². The number of pyridine rings is 1. The highest BCUT2D eigenvalue weighted by Gasteiger charge is 2.24. The van der Waals surface area contributed by atoms with Crippen molar-refractivity contribution in [3.63, 3.8) is 0 Å². The van der Waals surface area contributed by atoms with Crippen molar-refractivity contribution >= 4 is 23.2 Å². The van der Waals surface area contributed by atoms with E-state index >= 15 is 0 Å². The average molecular weight is 359 g/mol. The Morgan fingerprint density at radius 2 is 1.92 bits per heavy atom. The molecule has 6 N–H and O–H groups in total. The highest BCUT2D eigenvalue weighted by Crippen LogP contribution is 2.26. The lowest BCUT2D eigenvalue weighted by molar-refractivity contribution is 0.100. The normalized spacial score (nSPS) is 19.8. The number of rotatable bonds is 5. The number of aromatic nitrogens is 3. The molecular weight excluding hydrogens is 337 g/mol. The van der Waals surface area contributed by atoms with Crippen LogP contribution in [0.15, 0.2) is 18.5 Å². The second kappa shape index (κ2) is 7.61. The van der Waals surface area contributed by atoms with E-state index in [1.54, 1.807) is 19.3 Å². The van der Waals surface area contributed by atoms with Crippen LogP contribution in [0.2, 0.25) is 0 Å². The maximum Gasteiger partial charge on any atom is 0.252 e. The molecule has 1 saturated carbocycles. The third-order valence-electron chi connectivity index (χ3n) is 4.43. The van der Waals surface area contributed by atoms with Gasteiger partial charge in [-0.05, 0) is 25.8 Å². The molecule has 1 aliphatic carbocycles. The standard InChI is InChI=1S/C17H22FN7O/c1-9-21-7-10(8-22-9)23-16-11(15(20)26)6-12(18)17(25-16)24-14-5-3-2-4-13(14)19/h6-8,13-14H,2-5,19H2,1H3,(H2,20,26)(H2,23,24,25)/t13-,14+/m0/s1. The van der Waals surface area contributed by atoms with Crippen LogP contribution < -0.4 is 22.1 Å². The van der Waals surface area contributed by atoms with Crippen LogP contribution in [-0.2, 0) is 0 Å². The molecule has 0 saturated heterocycles. The summed E-state index contributed by atoms with van der Waals surface area (Å²) in [6, 6.07) is 0.937. The fourth-order valence-corrected chi connectivity index (χ4v) is 2.98. The lowest BCUT2D eigenvalue weighted by Gasteiger charge is -2.30. The molecule has 26 heavy (non-hydrogen) atoms. The first-order valence-corrected chi connectivity index (χ1v) is 8.52. The van der Waals surface area contributed by atoms with Gasteiger partial charge in [0, 0.05) is 12.1 Å². The maximum absolute atomic E-state index is 14.4. The number of amides is 1. The molecule has 1 fully saturated rings. The summed E-state index contributed by atoms with van der Waals surface area (Å²) in [6.07, 6.45) is 6.90. The zero-order chi connectivity index (χ0) is 18.7. The van der Waals surface area contributed by atoms with Gasteiger partial charge in [-0.3, -0.25) is 4.79 Å². The van der Waals surface area contributed by atoms with Crippen LogP contribution in [0, 0.1) is 12.7 Å². The van der Waals surface area contributed by atoms with Crippen molar-refractivity contribution in [2.24, 2.45) is 11.5 Å². The molecule has 0 aliphatic heterocycles. The number of nitrogens with one attached hydrogen (secondary N) is 2. The van der Waals surface area contributed by atoms with Crippen molar-refractivity contribution in [1.29, 1.82) is 0 Å². The van der Waals surface area contributed by atoms with E-state index in [0.717, 1.165) is 31.7 Å². The maximum atomic E-state index is 14.4. The van der Waals surface area contributed by atoms with Crippen molar-refractivity contribution in [2.75, 3.05) is 10.6 Å². The van der Waals surface area contributed by atoms with E-state index in [2.05, 4.69) is 25.6 Å². The fraction of sp³-hybridized carbons (Fsp3) is 0.412. The highest BCUT2D eigenvalue weighted by molar-refractivity contribution is 5.98. The largest absolute Gasteiger partial charge is 0.365 e. The zero-order valence-electron chi connectivity index (χ0n) is 14.5. The molecule has 138 valence electrons. The molecule has 9 heteroatoms. The molecular formula is C17H22FN7O. The predicted molar refractivity (Wildman–Crippen MR) is 96.6 cm³/mol. The van der Waals surface area contributed by atoms with E-state index in [1.165, 1.54) is 0 Å². The number of hydrogen-bond donors (Lipinski definition) is 4. The van der Waals surface area contributed by atoms with Crippen LogP contribution in [0.5, 0.6) is 0 Å². The second-order valence-corrected chi connectivity index (χ2v) is 6.42. The molecule has 3 rings (SSSR count). The van der Waals surface area contributed by atoms with E-state index < -0.39 is 11.7 Å². The first-order chi connectivity index (χ1) is 12.4. The van der Waals surface area contributed by atoms with Gasteiger partial charge >= 0.3 is 0 Å². The Labute approximate surface area is 150 Å². The first kappa shape index (κ1) is 18.0. The number of nitrogens with two attached hydrogens (primary N) is 2. The van der Waals surface area contributed by atoms with Gasteiger partial charge in [-0.2, -0.15) is 0 Å². The molecule has 2 aromatic rings. The number of hydrogen-bond acceptors (Lipinski definition) is 7. The van der Waals surface area contributed by atoms with Crippen molar-refractivity contribution < 1.29 is 9.18 Å². The first-order valence-electron chi connectivity index (χ1n) is 8.52. The Bertz CT molecular complexity index is 796. The van der Waals surface area contributed by atoms with E-state index in [0.29, 0.717) is 11.5 Å². The highest BCUT2D eigenvalue weighted by atomic mass is 19.1. The molecule has 0 bridgehead atoms. The number of primary amides is 1. The summed E-state index contributed by atoms with van der Waals surface area (Å²) in [5.41, 5.74) is 11.9. The van der Waals surface area contributed by atoms with Crippen LogP contribution in [0.3, 0.4) is 0 Å². The molecule has 1 aliphatic rings. The molecule has 0 radical (unpaired) electrons. The van der Waals surface area contributed by atoms with Crippen LogP contribution in [0.1, 0.15) is 41.9 Å². The molecule has 8 nitrogen and oxygen atoms in total. The Morgan fingerprint density at radius 3 is 2.58 bits per heavy atom. The van der Waals surface area contributed by atoms with E-state index in [-0.39, 0.29) is 29.3 Å². The molecule has 0 unspecified atom stereocenters. The number of anilines is 3. The van der Waals surface area contributed by atoms with E-state index in [1.807, 2.05) is 0 Å². The molecule has 2 atom stereocenters. The van der Waals surface area contributed by atoms with Crippen LogP contribution in [0.4, 0.5) is 21.7 Å². The van der Waals surface area contributed by atoms with Gasteiger partial charge in [0.15, 0.2) is 11.6 Å². The Hall–Kier alpha value is -2.81. The minimum atomic E-state index is -0.784. The van der Waals surface area contributed by atoms with Crippen LogP contribution >= 0.6 is 0 Å². The van der Waals surface area contributed by atoms with Crippen molar-refractivity contribution in [3.8, 4) is 0 Å². The van der Waals surface area contributed by atoms with Gasteiger partial charge in [0.25, 0.3) is 5.91 Å². The minimum Gasteiger partial charge on any atom is -0.365 e. The van der Waals surface area contributed by atoms with E-state index in [4.69, 9.17) is 11.5 Å². The van der Waals surface area contributed by atoms with Crippen LogP contribution in [-0.4, -0.2) is 32.9 Å². The quantitative estimate of drug-likeness (QED) is 0.640. The zero-order valence-corrected chi connectivity index (χ0v) is 14.5. The topological polar surface area (TPSA) is 132 Å². The summed E-state index contributed by atoms with van der Waals surface area (Å²) in [7, 11) is 0. The summed E-state index contributed by atoms with van der Waals surface area (Å²) in [4.78, 5) is 24.0. The summed E-state index contributed by atoms with van der Waals surface area (Å²) in [5, 5.41) is 5.99. The molecule has 1 amide bonds. The van der Waals surface area contributed by atoms with Gasteiger partial charge in [0.2, 0.25) is 0 Å². The summed E-state index contributed by atoms with van der Waals surface area (Å²) in [5.74, 6) is -0.660. The third-order valence-corrected chi connectivity index (χ3v) is 4.43. The van der Waals surface area contributed by atoms with Gasteiger partial charge < -0.3 is 22.1 Å². The van der Waals surface area contributed by atoms with Gasteiger partial charge in [-0.15, -0.1) is 0 Å². The van der Waals surface area contributed by atoms with E-state index in [9.17, 15) is 9.18 Å². The lowest BCUT2D eigenvalue weighted by Crippen LogP contribution is -2.43.